The van der Waals surface area contributed by atoms with Crippen LogP contribution < -0.4 is 19.5 Å². The average Bonchev–Trinajstić information content (AvgIpc) is 3.63. The zero-order valence-electron chi connectivity index (χ0n) is 32.4. The number of carboxylic acid groups (broad SMARTS) is 1. The van der Waals surface area contributed by atoms with Gasteiger partial charge in [-0.05, 0) is 117 Å². The summed E-state index contributed by atoms with van der Waals surface area (Å²) in [7, 11) is 0. The van der Waals surface area contributed by atoms with Crippen LogP contribution in [0.4, 0.5) is 0 Å². The number of pyridine rings is 1. The smallest absolute Gasteiger partial charge is 0.320 e. The maximum atomic E-state index is 12.1. The van der Waals surface area contributed by atoms with Gasteiger partial charge < -0.3 is 29.5 Å². The molecule has 0 saturated carbocycles. The molecule has 3 atom stereocenters. The van der Waals surface area contributed by atoms with E-state index in [1.54, 1.807) is 18.3 Å². The number of hydrogen-bond acceptors (Lipinski definition) is 9. The summed E-state index contributed by atoms with van der Waals surface area (Å²) in [4.78, 5) is 20.8. The van der Waals surface area contributed by atoms with Crippen LogP contribution >= 0.6 is 11.6 Å². The number of benzene rings is 3. The Labute approximate surface area is 335 Å². The molecule has 2 unspecified atom stereocenters. The summed E-state index contributed by atoms with van der Waals surface area (Å²) >= 11 is 6.88. The number of likely N-dealkylation sites (tertiary alicyclic amines) is 2. The van der Waals surface area contributed by atoms with Gasteiger partial charge in [0.25, 0.3) is 0 Å². The van der Waals surface area contributed by atoms with E-state index in [-0.39, 0.29) is 13.2 Å². The van der Waals surface area contributed by atoms with Crippen LogP contribution in [0.1, 0.15) is 65.5 Å². The van der Waals surface area contributed by atoms with E-state index in [9.17, 15) is 15.2 Å². The average molecular weight is 778 g/mol. The predicted molar refractivity (Wildman–Crippen MR) is 217 cm³/mol. The summed E-state index contributed by atoms with van der Waals surface area (Å²) in [5, 5.41) is 23.3. The van der Waals surface area contributed by atoms with Crippen LogP contribution in [-0.4, -0.2) is 77.8 Å². The molecule has 0 amide bonds. The van der Waals surface area contributed by atoms with E-state index in [4.69, 9.17) is 25.8 Å². The third-order valence-electron chi connectivity index (χ3n) is 11.7. The van der Waals surface area contributed by atoms with Crippen molar-refractivity contribution in [2.24, 2.45) is 11.8 Å². The molecule has 3 aromatic carbocycles. The van der Waals surface area contributed by atoms with E-state index in [0.29, 0.717) is 48.2 Å². The minimum atomic E-state index is -0.826. The van der Waals surface area contributed by atoms with Gasteiger partial charge in [-0.2, -0.15) is 5.26 Å². The number of rotatable bonds is 15. The molecule has 0 spiro atoms. The molecule has 10 nitrogen and oxygen atoms in total. The number of ether oxygens (including phenoxy) is 3. The van der Waals surface area contributed by atoms with Crippen molar-refractivity contribution in [2.75, 3.05) is 45.9 Å². The van der Waals surface area contributed by atoms with Gasteiger partial charge in [0.2, 0.25) is 0 Å². The molecule has 11 heteroatoms. The number of halogens is 1. The van der Waals surface area contributed by atoms with Crippen LogP contribution in [0.15, 0.2) is 67.0 Å². The van der Waals surface area contributed by atoms with Crippen molar-refractivity contribution in [1.82, 2.24) is 20.1 Å². The van der Waals surface area contributed by atoms with Crippen molar-refractivity contribution in [3.63, 3.8) is 0 Å². The number of aliphatic carboxylic acids is 1. The largest absolute Gasteiger partial charge is 0.493 e. The van der Waals surface area contributed by atoms with Crippen molar-refractivity contribution < 1.29 is 24.1 Å². The van der Waals surface area contributed by atoms with Crippen LogP contribution in [0.2, 0.25) is 5.02 Å². The first-order chi connectivity index (χ1) is 27.3. The SMILES string of the molecule is Cc1c(COc2cc(OCc3cncc(C#N)c3)c(CN3CCCC[C@H]3C(=O)O)cc2Cl)cccc1-c1cccc(OCCCN2CC3CCNCC3C2)c1C. The second-order valence-corrected chi connectivity index (χ2v) is 15.9. The zero-order valence-corrected chi connectivity index (χ0v) is 33.2. The molecule has 3 aliphatic rings. The van der Waals surface area contributed by atoms with E-state index in [1.165, 1.54) is 25.7 Å². The number of carbonyl (C=O) groups is 1. The van der Waals surface area contributed by atoms with Crippen LogP contribution in [0.3, 0.4) is 0 Å². The third kappa shape index (κ3) is 9.47. The lowest BCUT2D eigenvalue weighted by atomic mass is 9.90. The molecular weight excluding hydrogens is 726 g/mol. The molecule has 294 valence electrons. The highest BCUT2D eigenvalue weighted by Gasteiger charge is 2.34. The summed E-state index contributed by atoms with van der Waals surface area (Å²) in [6, 6.07) is 19.4. The quantitative estimate of drug-likeness (QED) is 0.116. The highest BCUT2D eigenvalue weighted by molar-refractivity contribution is 6.32. The fourth-order valence-electron chi connectivity index (χ4n) is 8.58. The number of nitriles is 1. The van der Waals surface area contributed by atoms with Gasteiger partial charge in [-0.25, -0.2) is 0 Å². The Morgan fingerprint density at radius 1 is 0.929 bits per heavy atom. The fraction of sp³-hybridized carbons (Fsp3) is 0.444. The number of nitrogens with zero attached hydrogens (tertiary/aromatic N) is 4. The molecule has 0 aliphatic carbocycles. The van der Waals surface area contributed by atoms with E-state index >= 15 is 0 Å². The Balaban J connectivity index is 1.04. The lowest BCUT2D eigenvalue weighted by Crippen LogP contribution is -2.44. The number of nitrogens with one attached hydrogen (secondary N) is 1. The van der Waals surface area contributed by atoms with E-state index < -0.39 is 12.0 Å². The first-order valence-corrected chi connectivity index (χ1v) is 20.3. The topological polar surface area (TPSA) is 120 Å². The van der Waals surface area contributed by atoms with Crippen molar-refractivity contribution in [3.05, 3.63) is 105 Å². The highest BCUT2D eigenvalue weighted by atomic mass is 35.5. The number of fused-ring (bicyclic) bond motifs is 1. The minimum absolute atomic E-state index is 0.166. The van der Waals surface area contributed by atoms with Crippen LogP contribution in [0.5, 0.6) is 17.2 Å². The standard InChI is InChI=1S/C45H52ClN5O5/c1-30-35(8-5-9-38(30)39-10-6-12-42(31(39)2)54-17-7-15-50-25-34-13-14-48-24-37(34)26-50)29-56-44-20-43(55-28-33-18-32(21-47)22-49-23-33)36(19-40(44)46)27-51-16-4-3-11-41(51)45(52)53/h5-6,8-10,12,18-20,22-23,34,37,41,48H,3-4,7,11,13-17,24-29H2,1-2H3,(H,52,53)/t34?,37?,41-/m0/s1. The van der Waals surface area contributed by atoms with Crippen molar-refractivity contribution in [1.29, 1.82) is 5.26 Å². The lowest BCUT2D eigenvalue weighted by molar-refractivity contribution is -0.144. The maximum Gasteiger partial charge on any atom is 0.320 e. The molecule has 3 fully saturated rings. The second-order valence-electron chi connectivity index (χ2n) is 15.5. The molecular formula is C45H52ClN5O5. The van der Waals surface area contributed by atoms with Gasteiger partial charge >= 0.3 is 5.97 Å². The molecule has 0 radical (unpaired) electrons. The van der Waals surface area contributed by atoms with Gasteiger partial charge in [0.15, 0.2) is 0 Å². The molecule has 4 aromatic rings. The molecule has 3 aliphatic heterocycles. The first kappa shape index (κ1) is 39.6. The van der Waals surface area contributed by atoms with E-state index in [0.717, 1.165) is 95.4 Å². The second kappa shape index (κ2) is 18.5. The number of carboxylic acids is 1. The number of hydrogen-bond donors (Lipinski definition) is 2. The van der Waals surface area contributed by atoms with E-state index in [1.807, 2.05) is 11.0 Å². The fourth-order valence-corrected chi connectivity index (χ4v) is 8.82. The van der Waals surface area contributed by atoms with Crippen molar-refractivity contribution >= 4 is 17.6 Å². The normalized spacial score (nSPS) is 19.9. The summed E-state index contributed by atoms with van der Waals surface area (Å²) < 4.78 is 19.1. The third-order valence-corrected chi connectivity index (χ3v) is 12.0. The molecule has 7 rings (SSSR count). The summed E-state index contributed by atoms with van der Waals surface area (Å²) in [6.45, 7) is 12.2. The Morgan fingerprint density at radius 3 is 2.55 bits per heavy atom. The monoisotopic (exact) mass is 777 g/mol. The van der Waals surface area contributed by atoms with Crippen LogP contribution in [0, 0.1) is 37.0 Å². The lowest BCUT2D eigenvalue weighted by Gasteiger charge is -2.33. The summed E-state index contributed by atoms with van der Waals surface area (Å²) in [5.74, 6) is 2.73. The predicted octanol–water partition coefficient (Wildman–Crippen LogP) is 7.80. The molecule has 0 bridgehead atoms. The minimum Gasteiger partial charge on any atom is -0.493 e. The van der Waals surface area contributed by atoms with Crippen LogP contribution in [-0.2, 0) is 24.6 Å². The Bertz CT molecular complexity index is 2040. The van der Waals surface area contributed by atoms with Crippen molar-refractivity contribution in [2.45, 2.75) is 71.8 Å². The molecule has 1 aromatic heterocycles. The van der Waals surface area contributed by atoms with Crippen molar-refractivity contribution in [3.8, 4) is 34.4 Å². The van der Waals surface area contributed by atoms with Crippen LogP contribution in [0.25, 0.3) is 11.1 Å². The molecule has 3 saturated heterocycles. The summed E-state index contributed by atoms with van der Waals surface area (Å²) in [6.07, 6.45) is 7.87. The Kier molecular flexibility index (Phi) is 13.1. The van der Waals surface area contributed by atoms with Gasteiger partial charge in [0, 0.05) is 55.8 Å². The van der Waals surface area contributed by atoms with Gasteiger partial charge in [-0.15, -0.1) is 0 Å². The van der Waals surface area contributed by atoms with E-state index in [2.05, 4.69) is 71.5 Å². The molecule has 4 heterocycles. The number of aromatic nitrogens is 1. The Morgan fingerprint density at radius 2 is 1.73 bits per heavy atom. The first-order valence-electron chi connectivity index (χ1n) is 19.9. The zero-order chi connectivity index (χ0) is 39.0. The summed E-state index contributed by atoms with van der Waals surface area (Å²) in [5.41, 5.74) is 7.44. The number of piperidine rings is 2. The van der Waals surface area contributed by atoms with Gasteiger partial charge in [0.05, 0.1) is 17.2 Å². The van der Waals surface area contributed by atoms with Gasteiger partial charge in [0.1, 0.15) is 42.6 Å². The highest BCUT2D eigenvalue weighted by Crippen LogP contribution is 2.37. The maximum absolute atomic E-state index is 12.1. The Hall–Kier alpha value is -4.66. The van der Waals surface area contributed by atoms with Gasteiger partial charge in [-0.1, -0.05) is 48.4 Å². The van der Waals surface area contributed by atoms with Gasteiger partial charge in [-0.3, -0.25) is 14.7 Å². The molecule has 2 N–H and O–H groups in total. The molecule has 56 heavy (non-hydrogen) atoms.